The smallest absolute Gasteiger partial charge is 0.270 e. The first kappa shape index (κ1) is 19.8. The van der Waals surface area contributed by atoms with Gasteiger partial charge in [0, 0.05) is 23.8 Å². The maximum absolute atomic E-state index is 12.4. The monoisotopic (exact) mass is 441 g/mol. The van der Waals surface area contributed by atoms with Crippen LogP contribution in [0.15, 0.2) is 93.2 Å². The molecule has 0 saturated carbocycles. The van der Waals surface area contributed by atoms with Crippen LogP contribution in [-0.2, 0) is 4.79 Å². The molecule has 0 radical (unpaired) electrons. The third-order valence-electron chi connectivity index (χ3n) is 4.86. The molecule has 0 spiro atoms. The largest absolute Gasteiger partial charge is 0.457 e. The Hall–Kier alpha value is -4.17. The summed E-state index contributed by atoms with van der Waals surface area (Å²) in [5, 5.41) is 16.4. The summed E-state index contributed by atoms with van der Waals surface area (Å²) in [7, 11) is 0. The third kappa shape index (κ3) is 4.03. The standard InChI is InChI=1S/C24H15N3O4S/c28-23-22(14-20-10-11-21(31-20)17-6-3-7-19(13-17)27(29)30)32-24(26-23)25-18-9-8-15-4-1-2-5-16(15)12-18/h1-14H,(H,25,26,28)/b22-14+. The molecule has 3 aromatic carbocycles. The molecule has 5 rings (SSSR count). The van der Waals surface area contributed by atoms with Crippen LogP contribution in [-0.4, -0.2) is 16.0 Å². The average Bonchev–Trinajstić information content (AvgIpc) is 3.40. The van der Waals surface area contributed by atoms with Crippen molar-refractivity contribution < 1.29 is 14.1 Å². The summed E-state index contributed by atoms with van der Waals surface area (Å²) in [5.74, 6) is 0.688. The highest BCUT2D eigenvalue weighted by Crippen LogP contribution is 2.31. The second-order valence-electron chi connectivity index (χ2n) is 7.02. The van der Waals surface area contributed by atoms with E-state index in [-0.39, 0.29) is 11.6 Å². The van der Waals surface area contributed by atoms with Crippen LogP contribution in [0.25, 0.3) is 28.2 Å². The van der Waals surface area contributed by atoms with E-state index in [9.17, 15) is 14.9 Å². The molecule has 4 aromatic rings. The first-order valence-corrected chi connectivity index (χ1v) is 10.5. The first-order valence-electron chi connectivity index (χ1n) is 9.68. The number of nitrogens with one attached hydrogen (secondary N) is 1. The zero-order chi connectivity index (χ0) is 22.1. The molecule has 1 amide bonds. The molecule has 2 heterocycles. The SMILES string of the molecule is O=C1NC(=Nc2ccc3ccccc3c2)S/C1=C/c1ccc(-c2cccc([N+](=O)[O-])c2)o1. The minimum absolute atomic E-state index is 0.0147. The maximum atomic E-state index is 12.4. The fraction of sp³-hybridized carbons (Fsp3) is 0. The predicted octanol–water partition coefficient (Wildman–Crippen LogP) is 5.90. The van der Waals surface area contributed by atoms with E-state index in [1.165, 1.54) is 23.9 Å². The van der Waals surface area contributed by atoms with Crippen LogP contribution in [0.5, 0.6) is 0 Å². The van der Waals surface area contributed by atoms with Crippen molar-refractivity contribution in [1.29, 1.82) is 0 Å². The third-order valence-corrected chi connectivity index (χ3v) is 5.77. The lowest BCUT2D eigenvalue weighted by Crippen LogP contribution is -2.19. The summed E-state index contributed by atoms with van der Waals surface area (Å²) in [4.78, 5) is 27.9. The molecule has 8 heteroatoms. The molecule has 1 aliphatic rings. The van der Waals surface area contributed by atoms with Gasteiger partial charge in [-0.25, -0.2) is 4.99 Å². The molecular weight excluding hydrogens is 426 g/mol. The normalized spacial score (nSPS) is 16.1. The molecule has 1 fully saturated rings. The Balaban J connectivity index is 1.37. The van der Waals surface area contributed by atoms with E-state index in [0.29, 0.717) is 27.2 Å². The average molecular weight is 441 g/mol. The number of amides is 1. The lowest BCUT2D eigenvalue weighted by molar-refractivity contribution is -0.384. The van der Waals surface area contributed by atoms with E-state index in [4.69, 9.17) is 4.42 Å². The van der Waals surface area contributed by atoms with Crippen LogP contribution in [0.3, 0.4) is 0 Å². The first-order chi connectivity index (χ1) is 15.5. The summed E-state index contributed by atoms with van der Waals surface area (Å²) < 4.78 is 5.78. The maximum Gasteiger partial charge on any atom is 0.270 e. The van der Waals surface area contributed by atoms with Gasteiger partial charge in [-0.15, -0.1) is 0 Å². The van der Waals surface area contributed by atoms with Crippen molar-refractivity contribution in [3.05, 3.63) is 99.6 Å². The Morgan fingerprint density at radius 1 is 0.969 bits per heavy atom. The Bertz CT molecular complexity index is 1440. The number of furan rings is 1. The molecule has 156 valence electrons. The summed E-state index contributed by atoms with van der Waals surface area (Å²) >= 11 is 1.23. The highest BCUT2D eigenvalue weighted by molar-refractivity contribution is 8.18. The van der Waals surface area contributed by atoms with Gasteiger partial charge in [0.1, 0.15) is 11.5 Å². The number of amidine groups is 1. The number of non-ortho nitro benzene ring substituents is 1. The minimum Gasteiger partial charge on any atom is -0.457 e. The second-order valence-corrected chi connectivity index (χ2v) is 8.05. The lowest BCUT2D eigenvalue weighted by atomic mass is 10.1. The number of hydrogen-bond donors (Lipinski definition) is 1. The number of benzene rings is 3. The van der Waals surface area contributed by atoms with Gasteiger partial charge in [-0.1, -0.05) is 42.5 Å². The zero-order valence-electron chi connectivity index (χ0n) is 16.5. The van der Waals surface area contributed by atoms with Gasteiger partial charge < -0.3 is 9.73 Å². The molecule has 32 heavy (non-hydrogen) atoms. The molecule has 0 bridgehead atoms. The van der Waals surface area contributed by atoms with Gasteiger partial charge in [0.25, 0.3) is 11.6 Å². The van der Waals surface area contributed by atoms with E-state index < -0.39 is 4.92 Å². The molecular formula is C24H15N3O4S. The van der Waals surface area contributed by atoms with E-state index in [2.05, 4.69) is 10.3 Å². The van der Waals surface area contributed by atoms with Crippen molar-refractivity contribution in [1.82, 2.24) is 5.32 Å². The van der Waals surface area contributed by atoms with Gasteiger partial charge in [0.2, 0.25) is 0 Å². The van der Waals surface area contributed by atoms with Crippen LogP contribution in [0.1, 0.15) is 5.76 Å². The number of fused-ring (bicyclic) bond motifs is 1. The van der Waals surface area contributed by atoms with Gasteiger partial charge in [-0.05, 0) is 46.8 Å². The number of nitro benzene ring substituents is 1. The Morgan fingerprint density at radius 3 is 2.66 bits per heavy atom. The number of nitrogens with zero attached hydrogens (tertiary/aromatic N) is 2. The number of hydrogen-bond acceptors (Lipinski definition) is 6. The molecule has 7 nitrogen and oxygen atoms in total. The van der Waals surface area contributed by atoms with Crippen LogP contribution >= 0.6 is 11.8 Å². The minimum atomic E-state index is -0.453. The number of carbonyl (C=O) groups is 1. The number of carbonyl (C=O) groups excluding carboxylic acids is 1. The van der Waals surface area contributed by atoms with Crippen LogP contribution in [0.4, 0.5) is 11.4 Å². The molecule has 0 aliphatic carbocycles. The van der Waals surface area contributed by atoms with E-state index in [1.54, 1.807) is 30.3 Å². The second kappa shape index (κ2) is 8.16. The van der Waals surface area contributed by atoms with E-state index in [0.717, 1.165) is 16.5 Å². The van der Waals surface area contributed by atoms with Crippen molar-refractivity contribution >= 4 is 51.1 Å². The Kier molecular flexibility index (Phi) is 5.04. The Labute approximate surface area is 186 Å². The van der Waals surface area contributed by atoms with Crippen molar-refractivity contribution in [3.63, 3.8) is 0 Å². The summed E-state index contributed by atoms with van der Waals surface area (Å²) in [6.07, 6.45) is 1.63. The van der Waals surface area contributed by atoms with Gasteiger partial charge in [-0.2, -0.15) is 0 Å². The fourth-order valence-corrected chi connectivity index (χ4v) is 4.15. The van der Waals surface area contributed by atoms with E-state index >= 15 is 0 Å². The molecule has 0 atom stereocenters. The van der Waals surface area contributed by atoms with Gasteiger partial charge >= 0.3 is 0 Å². The van der Waals surface area contributed by atoms with Crippen molar-refractivity contribution in [2.45, 2.75) is 0 Å². The highest BCUT2D eigenvalue weighted by atomic mass is 32.2. The number of rotatable bonds is 4. The molecule has 0 unspecified atom stereocenters. The topological polar surface area (TPSA) is 97.7 Å². The summed E-state index contributed by atoms with van der Waals surface area (Å²) in [6.45, 7) is 0. The van der Waals surface area contributed by atoms with E-state index in [1.807, 2.05) is 42.5 Å². The van der Waals surface area contributed by atoms with Crippen molar-refractivity contribution in [2.75, 3.05) is 0 Å². The van der Waals surface area contributed by atoms with Crippen molar-refractivity contribution in [3.8, 4) is 11.3 Å². The van der Waals surface area contributed by atoms with Crippen molar-refractivity contribution in [2.24, 2.45) is 4.99 Å². The quantitative estimate of drug-likeness (QED) is 0.242. The van der Waals surface area contributed by atoms with Gasteiger partial charge in [-0.3, -0.25) is 14.9 Å². The number of thioether (sulfide) groups is 1. The summed E-state index contributed by atoms with van der Waals surface area (Å²) in [5.41, 5.74) is 1.32. The van der Waals surface area contributed by atoms with Crippen LogP contribution < -0.4 is 5.32 Å². The number of aliphatic imine (C=N–C) groups is 1. The van der Waals surface area contributed by atoms with Gasteiger partial charge in [0.05, 0.1) is 15.5 Å². The fourth-order valence-electron chi connectivity index (χ4n) is 3.33. The number of nitro groups is 1. The summed E-state index contributed by atoms with van der Waals surface area (Å²) in [6, 6.07) is 23.5. The highest BCUT2D eigenvalue weighted by Gasteiger charge is 2.24. The van der Waals surface area contributed by atoms with Crippen LogP contribution in [0, 0.1) is 10.1 Å². The lowest BCUT2D eigenvalue weighted by Gasteiger charge is -2.00. The molecule has 1 saturated heterocycles. The zero-order valence-corrected chi connectivity index (χ0v) is 17.3. The molecule has 1 aromatic heterocycles. The molecule has 1 aliphatic heterocycles. The van der Waals surface area contributed by atoms with Gasteiger partial charge in [0.15, 0.2) is 5.17 Å². The molecule has 1 N–H and O–H groups in total. The van der Waals surface area contributed by atoms with Crippen LogP contribution in [0.2, 0.25) is 0 Å². The Morgan fingerprint density at radius 2 is 1.81 bits per heavy atom. The predicted molar refractivity (Wildman–Crippen MR) is 126 cm³/mol.